The Kier molecular flexibility index (Phi) is 7.22. The molecule has 2 aromatic rings. The number of carbonyl (C=O) groups is 4. The summed E-state index contributed by atoms with van der Waals surface area (Å²) in [5.41, 5.74) is 1.55. The highest BCUT2D eigenvalue weighted by molar-refractivity contribution is 7.96. The van der Waals surface area contributed by atoms with Crippen LogP contribution in [0, 0.1) is 23.2 Å². The highest BCUT2D eigenvalue weighted by Gasteiger charge is 2.69. The number of ether oxygens (including phenoxy) is 1. The van der Waals surface area contributed by atoms with Crippen LogP contribution in [0.5, 0.6) is 0 Å². The molecule has 1 aliphatic carbocycles. The molecule has 2 heterocycles. The van der Waals surface area contributed by atoms with E-state index >= 15 is 0 Å². The Hall–Kier alpha value is -3.33. The van der Waals surface area contributed by atoms with Crippen molar-refractivity contribution in [1.29, 1.82) is 0 Å². The molecule has 5 atom stereocenters. The lowest BCUT2D eigenvalue weighted by molar-refractivity contribution is -0.130. The van der Waals surface area contributed by atoms with E-state index in [4.69, 9.17) is 4.74 Å². The molecule has 3 fully saturated rings. The van der Waals surface area contributed by atoms with Gasteiger partial charge in [0.1, 0.15) is 6.04 Å². The number of hydrogen-bond donors (Lipinski definition) is 3. The van der Waals surface area contributed by atoms with Gasteiger partial charge in [0, 0.05) is 19.0 Å². The number of nitrogens with one attached hydrogen (secondary N) is 2. The van der Waals surface area contributed by atoms with Crippen LogP contribution in [-0.2, 0) is 19.1 Å². The van der Waals surface area contributed by atoms with Gasteiger partial charge in [0.25, 0.3) is 0 Å². The van der Waals surface area contributed by atoms with E-state index in [1.54, 1.807) is 0 Å². The van der Waals surface area contributed by atoms with Gasteiger partial charge in [-0.15, -0.1) is 12.6 Å². The van der Waals surface area contributed by atoms with Crippen LogP contribution in [0.25, 0.3) is 0 Å². The zero-order valence-corrected chi connectivity index (χ0v) is 22.4. The zero-order chi connectivity index (χ0) is 27.0. The van der Waals surface area contributed by atoms with Crippen LogP contribution in [0.3, 0.4) is 0 Å². The van der Waals surface area contributed by atoms with E-state index in [2.05, 4.69) is 37.1 Å². The first-order valence-electron chi connectivity index (χ1n) is 13.1. The predicted molar refractivity (Wildman–Crippen MR) is 144 cm³/mol. The molecule has 2 aliphatic heterocycles. The minimum absolute atomic E-state index is 0.0487. The summed E-state index contributed by atoms with van der Waals surface area (Å²) in [5, 5.41) is 5.06. The van der Waals surface area contributed by atoms with Crippen LogP contribution >= 0.6 is 12.6 Å². The fourth-order valence-corrected chi connectivity index (χ4v) is 6.33. The second-order valence-electron chi connectivity index (χ2n) is 11.0. The highest BCUT2D eigenvalue weighted by atomic mass is 32.1. The molecular weight excluding hydrogens is 502 g/mol. The third kappa shape index (κ3) is 5.04. The Labute approximate surface area is 227 Å². The van der Waals surface area contributed by atoms with Crippen molar-refractivity contribution in [2.45, 2.75) is 44.9 Å². The summed E-state index contributed by atoms with van der Waals surface area (Å²) in [6, 6.07) is 17.3. The van der Waals surface area contributed by atoms with E-state index in [1.165, 1.54) is 4.90 Å². The third-order valence-electron chi connectivity index (χ3n) is 8.43. The lowest BCUT2D eigenvalue weighted by atomic mass is 9.97. The van der Waals surface area contributed by atoms with Crippen LogP contribution < -0.4 is 10.6 Å². The van der Waals surface area contributed by atoms with E-state index in [0.717, 1.165) is 11.1 Å². The summed E-state index contributed by atoms with van der Waals surface area (Å²) in [4.78, 5) is 53.1. The molecule has 0 radical (unpaired) electrons. The summed E-state index contributed by atoms with van der Waals surface area (Å²) < 4.78 is 6.07. The van der Waals surface area contributed by atoms with Gasteiger partial charge in [-0.2, -0.15) is 0 Å². The molecule has 5 rings (SSSR count). The normalized spacial score (nSPS) is 25.9. The van der Waals surface area contributed by atoms with E-state index in [0.29, 0.717) is 19.5 Å². The van der Waals surface area contributed by atoms with Crippen LogP contribution in [0.15, 0.2) is 60.7 Å². The Balaban J connectivity index is 1.35. The number of piperidine rings is 1. The van der Waals surface area contributed by atoms with Gasteiger partial charge < -0.3 is 15.4 Å². The lowest BCUT2D eigenvalue weighted by Gasteiger charge is -2.32. The summed E-state index contributed by atoms with van der Waals surface area (Å²) in [6.45, 7) is 5.13. The Morgan fingerprint density at radius 1 is 1.08 bits per heavy atom. The summed E-state index contributed by atoms with van der Waals surface area (Å²) >= 11 is 3.98. The molecule has 0 aromatic heterocycles. The van der Waals surface area contributed by atoms with Crippen molar-refractivity contribution < 1.29 is 23.9 Å². The molecule has 2 aromatic carbocycles. The fraction of sp³-hybridized carbons (Fsp3) is 0.448. The van der Waals surface area contributed by atoms with Crippen LogP contribution in [-0.4, -0.2) is 53.1 Å². The van der Waals surface area contributed by atoms with Crippen molar-refractivity contribution in [3.63, 3.8) is 0 Å². The highest BCUT2D eigenvalue weighted by Crippen LogP contribution is 2.65. The minimum atomic E-state index is -0.917. The van der Waals surface area contributed by atoms with Crippen molar-refractivity contribution in [2.75, 3.05) is 13.1 Å². The summed E-state index contributed by atoms with van der Waals surface area (Å²) in [7, 11) is 0. The van der Waals surface area contributed by atoms with Gasteiger partial charge in [-0.1, -0.05) is 74.5 Å². The van der Waals surface area contributed by atoms with Crippen molar-refractivity contribution in [3.05, 3.63) is 71.8 Å². The van der Waals surface area contributed by atoms with Crippen molar-refractivity contribution in [3.8, 4) is 0 Å². The van der Waals surface area contributed by atoms with Gasteiger partial charge in [0.2, 0.25) is 16.9 Å². The molecular formula is C29H33N3O5S. The number of likely N-dealkylation sites (tertiary alicyclic amines) is 1. The molecule has 8 nitrogen and oxygen atoms in total. The quantitative estimate of drug-likeness (QED) is 0.450. The number of benzene rings is 2. The first kappa shape index (κ1) is 26.3. The first-order chi connectivity index (χ1) is 18.2. The molecule has 3 amide bonds. The average molecular weight is 536 g/mol. The number of fused-ring (bicyclic) bond motifs is 1. The molecule has 1 saturated carbocycles. The number of rotatable bonds is 8. The van der Waals surface area contributed by atoms with E-state index in [-0.39, 0.29) is 35.5 Å². The molecule has 38 heavy (non-hydrogen) atoms. The SMILES string of the molecule is CC1(C)[C@@H]2[C@@H](C(=O)N[C@@H](C[C@@H]3CCNC3=O)C(=O)S)N(C(=O)OC(c3ccccc3)c3ccccc3)C[C@@H]21. The molecule has 200 valence electrons. The monoisotopic (exact) mass is 535 g/mol. The molecule has 9 heteroatoms. The number of carbonyl (C=O) groups excluding carboxylic acids is 4. The van der Waals surface area contributed by atoms with Gasteiger partial charge in [-0.3, -0.25) is 19.3 Å². The predicted octanol–water partition coefficient (Wildman–Crippen LogP) is 3.34. The molecule has 2 N–H and O–H groups in total. The van der Waals surface area contributed by atoms with Crippen LogP contribution in [0.2, 0.25) is 0 Å². The minimum Gasteiger partial charge on any atom is -0.436 e. The molecule has 2 saturated heterocycles. The van der Waals surface area contributed by atoms with Gasteiger partial charge >= 0.3 is 6.09 Å². The third-order valence-corrected chi connectivity index (χ3v) is 8.74. The standard InChI is InChI=1S/C29H33N3O5S/c1-29(2)20-16-32(28(36)37-24(17-9-5-3-6-10-17)18-11-7-4-8-12-18)23(22(20)29)26(34)31-21(27(35)38)15-19-13-14-30-25(19)33/h3-12,19-24H,13-16H2,1-2H3,(H,30,33)(H,31,34)(H,35,38)/t19-,20-,21-,22-,23-/m0/s1. The van der Waals surface area contributed by atoms with Gasteiger partial charge in [-0.05, 0) is 41.2 Å². The van der Waals surface area contributed by atoms with Crippen molar-refractivity contribution in [2.24, 2.45) is 23.2 Å². The summed E-state index contributed by atoms with van der Waals surface area (Å²) in [6.07, 6.45) is -0.425. The van der Waals surface area contributed by atoms with Gasteiger partial charge in [0.15, 0.2) is 6.10 Å². The zero-order valence-electron chi connectivity index (χ0n) is 21.5. The Morgan fingerprint density at radius 3 is 2.21 bits per heavy atom. The van der Waals surface area contributed by atoms with Crippen LogP contribution in [0.1, 0.15) is 43.9 Å². The second kappa shape index (κ2) is 10.4. The van der Waals surface area contributed by atoms with Crippen molar-refractivity contribution >= 4 is 35.7 Å². The number of hydrogen-bond acceptors (Lipinski definition) is 5. The summed E-state index contributed by atoms with van der Waals surface area (Å²) in [5.74, 6) is -0.789. The Bertz CT molecular complexity index is 1180. The lowest BCUT2D eigenvalue weighted by Crippen LogP contribution is -2.53. The van der Waals surface area contributed by atoms with Gasteiger partial charge in [-0.25, -0.2) is 4.79 Å². The van der Waals surface area contributed by atoms with E-state index in [1.807, 2.05) is 60.7 Å². The van der Waals surface area contributed by atoms with Gasteiger partial charge in [0.05, 0.1) is 6.04 Å². The fourth-order valence-electron chi connectivity index (χ4n) is 6.16. The number of nitrogens with zero attached hydrogens (tertiary/aromatic N) is 1. The van der Waals surface area contributed by atoms with Crippen LogP contribution in [0.4, 0.5) is 4.79 Å². The van der Waals surface area contributed by atoms with E-state index < -0.39 is 35.3 Å². The maximum absolute atomic E-state index is 13.6. The molecule has 0 bridgehead atoms. The maximum Gasteiger partial charge on any atom is 0.411 e. The molecule has 0 spiro atoms. The van der Waals surface area contributed by atoms with E-state index in [9.17, 15) is 19.2 Å². The average Bonchev–Trinajstić information content (AvgIpc) is 3.25. The molecule has 3 aliphatic rings. The maximum atomic E-state index is 13.6. The Morgan fingerprint density at radius 2 is 1.68 bits per heavy atom. The number of amides is 3. The first-order valence-corrected chi connectivity index (χ1v) is 13.5. The molecule has 0 unspecified atom stereocenters. The largest absolute Gasteiger partial charge is 0.436 e. The van der Waals surface area contributed by atoms with Crippen molar-refractivity contribution in [1.82, 2.24) is 15.5 Å². The second-order valence-corrected chi connectivity index (χ2v) is 11.5. The number of thiol groups is 1. The topological polar surface area (TPSA) is 105 Å². The smallest absolute Gasteiger partial charge is 0.411 e.